The first-order valence-electron chi connectivity index (χ1n) is 11.8. The zero-order chi connectivity index (χ0) is 26.9. The normalized spacial score (nSPS) is 11.8. The summed E-state index contributed by atoms with van der Waals surface area (Å²) in [6.07, 6.45) is 0. The predicted molar refractivity (Wildman–Crippen MR) is 141 cm³/mol. The highest BCUT2D eigenvalue weighted by Crippen LogP contribution is 2.42. The van der Waals surface area contributed by atoms with Crippen LogP contribution in [0.5, 0.6) is 23.0 Å². The van der Waals surface area contributed by atoms with E-state index in [-0.39, 0.29) is 22.6 Å². The van der Waals surface area contributed by atoms with Crippen LogP contribution in [0, 0.1) is 13.8 Å². The predicted octanol–water partition coefficient (Wildman–Crippen LogP) is 3.88. The Kier molecular flexibility index (Phi) is 7.11. The first kappa shape index (κ1) is 25.6. The molecule has 0 aliphatic carbocycles. The molecule has 0 aliphatic heterocycles. The number of nitrogens with zero attached hydrogens (tertiary/aromatic N) is 2. The van der Waals surface area contributed by atoms with Crippen molar-refractivity contribution < 1.29 is 19.7 Å². The van der Waals surface area contributed by atoms with Gasteiger partial charge in [-0.1, -0.05) is 36.4 Å². The van der Waals surface area contributed by atoms with Crippen molar-refractivity contribution in [3.63, 3.8) is 0 Å². The smallest absolute Gasteiger partial charge is 0.258 e. The molecule has 0 fully saturated rings. The summed E-state index contributed by atoms with van der Waals surface area (Å²) in [7, 11) is 4.72. The summed E-state index contributed by atoms with van der Waals surface area (Å²) in [5.74, 6) is -0.457. The average Bonchev–Trinajstić information content (AvgIpc) is 2.89. The van der Waals surface area contributed by atoms with E-state index in [2.05, 4.69) is 0 Å². The second-order valence-electron chi connectivity index (χ2n) is 8.99. The molecule has 0 aliphatic rings. The fourth-order valence-corrected chi connectivity index (χ4v) is 4.47. The van der Waals surface area contributed by atoms with Crippen molar-refractivity contribution in [1.82, 2.24) is 9.13 Å². The van der Waals surface area contributed by atoms with Crippen LogP contribution < -0.4 is 20.6 Å². The van der Waals surface area contributed by atoms with Crippen molar-refractivity contribution in [2.75, 3.05) is 7.11 Å². The van der Waals surface area contributed by atoms with E-state index in [4.69, 9.17) is 9.47 Å². The molecule has 2 aromatic heterocycles. The minimum atomic E-state index is -0.900. The van der Waals surface area contributed by atoms with Crippen molar-refractivity contribution in [2.24, 2.45) is 14.1 Å². The Morgan fingerprint density at radius 1 is 0.838 bits per heavy atom. The van der Waals surface area contributed by atoms with Gasteiger partial charge in [0.15, 0.2) is 11.5 Å². The third-order valence-electron chi connectivity index (χ3n) is 6.78. The minimum Gasteiger partial charge on any atom is -0.507 e. The third-order valence-corrected chi connectivity index (χ3v) is 6.78. The molecule has 8 nitrogen and oxygen atoms in total. The molecule has 1 unspecified atom stereocenters. The van der Waals surface area contributed by atoms with Crippen LogP contribution in [0.4, 0.5) is 0 Å². The van der Waals surface area contributed by atoms with Gasteiger partial charge in [0.2, 0.25) is 0 Å². The van der Waals surface area contributed by atoms with E-state index < -0.39 is 11.5 Å². The van der Waals surface area contributed by atoms with E-state index in [1.807, 2.05) is 30.3 Å². The molecule has 1 atom stereocenters. The van der Waals surface area contributed by atoms with E-state index in [1.54, 1.807) is 46.1 Å². The molecule has 0 spiro atoms. The highest BCUT2D eigenvalue weighted by molar-refractivity contribution is 5.56. The van der Waals surface area contributed by atoms with E-state index >= 15 is 0 Å². The van der Waals surface area contributed by atoms with Crippen molar-refractivity contribution in [2.45, 2.75) is 26.4 Å². The quantitative estimate of drug-likeness (QED) is 0.398. The summed E-state index contributed by atoms with van der Waals surface area (Å²) in [6.45, 7) is 3.74. The molecule has 37 heavy (non-hydrogen) atoms. The maximum atomic E-state index is 13.5. The number of benzene rings is 2. The third kappa shape index (κ3) is 4.82. The first-order chi connectivity index (χ1) is 17.6. The number of aryl methyl sites for hydroxylation is 1. The molecule has 4 rings (SSSR count). The lowest BCUT2D eigenvalue weighted by Gasteiger charge is -2.25. The molecule has 8 heteroatoms. The molecular formula is C29H30N2O6. The standard InChI is InChI=1S/C29H30N2O6/c1-17-13-21(32)28(29(35)30(17)3)27(26-18(2)31(4)25(34)15-22(26)33)20-11-12-23(24(14-20)36-5)37-16-19-9-7-6-8-10-19/h6-15,27,32-33H,16H2,1-5H3. The number of aromatic hydroxyl groups is 2. The Balaban J connectivity index is 1.92. The highest BCUT2D eigenvalue weighted by Gasteiger charge is 2.30. The number of pyridine rings is 2. The maximum Gasteiger partial charge on any atom is 0.258 e. The van der Waals surface area contributed by atoms with Crippen molar-refractivity contribution >= 4 is 0 Å². The second kappa shape index (κ2) is 10.3. The Bertz CT molecular complexity index is 1570. The average molecular weight is 503 g/mol. The zero-order valence-electron chi connectivity index (χ0n) is 21.5. The van der Waals surface area contributed by atoms with Gasteiger partial charge in [-0.2, -0.15) is 0 Å². The van der Waals surface area contributed by atoms with Crippen LogP contribution in [0.1, 0.15) is 39.6 Å². The van der Waals surface area contributed by atoms with Crippen LogP contribution in [0.25, 0.3) is 0 Å². The molecule has 2 heterocycles. The zero-order valence-corrected chi connectivity index (χ0v) is 21.5. The van der Waals surface area contributed by atoms with Gasteiger partial charge in [0, 0.05) is 43.0 Å². The molecule has 2 N–H and O–H groups in total. The molecule has 0 saturated carbocycles. The summed E-state index contributed by atoms with van der Waals surface area (Å²) in [6, 6.07) is 17.5. The van der Waals surface area contributed by atoms with Crippen LogP contribution >= 0.6 is 0 Å². The van der Waals surface area contributed by atoms with E-state index in [9.17, 15) is 19.8 Å². The number of hydrogen-bond acceptors (Lipinski definition) is 6. The van der Waals surface area contributed by atoms with Gasteiger partial charge >= 0.3 is 0 Å². The van der Waals surface area contributed by atoms with E-state index in [0.717, 1.165) is 11.6 Å². The van der Waals surface area contributed by atoms with Gasteiger partial charge in [0.25, 0.3) is 11.1 Å². The van der Waals surface area contributed by atoms with Crippen molar-refractivity contribution in [3.8, 4) is 23.0 Å². The number of rotatable bonds is 7. The largest absolute Gasteiger partial charge is 0.507 e. The Morgan fingerprint density at radius 2 is 1.51 bits per heavy atom. The van der Waals surface area contributed by atoms with Crippen LogP contribution in [0.2, 0.25) is 0 Å². The number of aromatic nitrogens is 2. The lowest BCUT2D eigenvalue weighted by atomic mass is 9.83. The molecule has 0 saturated heterocycles. The lowest BCUT2D eigenvalue weighted by Crippen LogP contribution is -2.28. The van der Waals surface area contributed by atoms with Gasteiger partial charge in [-0.15, -0.1) is 0 Å². The SMILES string of the molecule is COc1cc(C(c2c(O)cc(=O)n(C)c2C)c2c(O)cc(C)n(C)c2=O)ccc1OCc1ccccc1. The molecule has 192 valence electrons. The molecule has 2 aromatic carbocycles. The van der Waals surface area contributed by atoms with E-state index in [0.29, 0.717) is 40.6 Å². The molecule has 4 aromatic rings. The fraction of sp³-hybridized carbons (Fsp3) is 0.241. The first-order valence-corrected chi connectivity index (χ1v) is 11.8. The van der Waals surface area contributed by atoms with Crippen LogP contribution in [0.15, 0.2) is 70.3 Å². The van der Waals surface area contributed by atoms with Gasteiger partial charge < -0.3 is 28.8 Å². The number of methoxy groups -OCH3 is 1. The number of hydrogen-bond donors (Lipinski definition) is 2. The molecular weight excluding hydrogens is 472 g/mol. The van der Waals surface area contributed by atoms with Gasteiger partial charge in [0.1, 0.15) is 18.1 Å². The Hall–Kier alpha value is -4.46. The highest BCUT2D eigenvalue weighted by atomic mass is 16.5. The van der Waals surface area contributed by atoms with Crippen molar-refractivity contribution in [1.29, 1.82) is 0 Å². The summed E-state index contributed by atoms with van der Waals surface area (Å²) in [5.41, 5.74) is 2.19. The van der Waals surface area contributed by atoms with E-state index in [1.165, 1.54) is 22.3 Å². The Morgan fingerprint density at radius 3 is 2.19 bits per heavy atom. The maximum absolute atomic E-state index is 13.5. The minimum absolute atomic E-state index is 0.0742. The van der Waals surface area contributed by atoms with Gasteiger partial charge in [-0.05, 0) is 43.2 Å². The fourth-order valence-electron chi connectivity index (χ4n) is 4.47. The topological polar surface area (TPSA) is 103 Å². The van der Waals surface area contributed by atoms with Gasteiger partial charge in [-0.25, -0.2) is 0 Å². The lowest BCUT2D eigenvalue weighted by molar-refractivity contribution is 0.284. The molecule has 0 bridgehead atoms. The summed E-state index contributed by atoms with van der Waals surface area (Å²) in [5, 5.41) is 21.9. The number of ether oxygens (including phenoxy) is 2. The van der Waals surface area contributed by atoms with Gasteiger partial charge in [-0.3, -0.25) is 9.59 Å². The summed E-state index contributed by atoms with van der Waals surface area (Å²) < 4.78 is 14.4. The van der Waals surface area contributed by atoms with Gasteiger partial charge in [0.05, 0.1) is 12.7 Å². The van der Waals surface area contributed by atoms with Crippen LogP contribution in [0.3, 0.4) is 0 Å². The molecule has 0 amide bonds. The van der Waals surface area contributed by atoms with Crippen LogP contribution in [-0.4, -0.2) is 26.5 Å². The summed E-state index contributed by atoms with van der Waals surface area (Å²) >= 11 is 0. The summed E-state index contributed by atoms with van der Waals surface area (Å²) in [4.78, 5) is 25.8. The van der Waals surface area contributed by atoms with Crippen LogP contribution in [-0.2, 0) is 20.7 Å². The molecule has 0 radical (unpaired) electrons. The Labute approximate surface area is 214 Å². The van der Waals surface area contributed by atoms with Crippen molar-refractivity contribution in [3.05, 3.63) is 115 Å². The second-order valence-corrected chi connectivity index (χ2v) is 8.99. The monoisotopic (exact) mass is 502 g/mol.